The summed E-state index contributed by atoms with van der Waals surface area (Å²) in [5.74, 6) is 0.297. The summed E-state index contributed by atoms with van der Waals surface area (Å²) in [6, 6.07) is 36.3. The molecule has 0 N–H and O–H groups in total. The van der Waals surface area contributed by atoms with Crippen molar-refractivity contribution in [1.29, 1.82) is 0 Å². The number of fused-ring (bicyclic) bond motifs is 15. The number of anilines is 1. The van der Waals surface area contributed by atoms with Crippen LogP contribution >= 0.6 is 0 Å². The zero-order valence-electron chi connectivity index (χ0n) is 36.6. The van der Waals surface area contributed by atoms with Gasteiger partial charge in [-0.3, -0.25) is 0 Å². The minimum absolute atomic E-state index is 0.0208. The lowest BCUT2D eigenvalue weighted by Gasteiger charge is -2.46. The van der Waals surface area contributed by atoms with E-state index in [1.807, 2.05) is 0 Å². The summed E-state index contributed by atoms with van der Waals surface area (Å²) in [6.45, 7) is 9.97. The zero-order valence-corrected chi connectivity index (χ0v) is 36.6. The zero-order chi connectivity index (χ0) is 41.7. The molecule has 6 aliphatic carbocycles. The van der Waals surface area contributed by atoms with Gasteiger partial charge in [0.05, 0.1) is 11.6 Å². The lowest BCUT2D eigenvalue weighted by molar-refractivity contribution is 0.588. The smallest absolute Gasteiger partial charge is 0.251 e. The van der Waals surface area contributed by atoms with Gasteiger partial charge in [0.2, 0.25) is 0 Å². The monoisotopic (exact) mass is 808 g/mol. The second-order valence-electron chi connectivity index (χ2n) is 20.9. The summed E-state index contributed by atoms with van der Waals surface area (Å²) < 4.78 is 2.79. The first-order chi connectivity index (χ1) is 30.8. The van der Waals surface area contributed by atoms with Crippen LogP contribution < -0.4 is 15.8 Å². The molecule has 63 heavy (non-hydrogen) atoms. The molecular weight excluding hydrogens is 759 g/mol. The maximum absolute atomic E-state index is 2.89. The number of aromatic nitrogens is 1. The van der Waals surface area contributed by atoms with Crippen LogP contribution in [0, 0.1) is 5.92 Å². The van der Waals surface area contributed by atoms with E-state index in [9.17, 15) is 0 Å². The Kier molecular flexibility index (Phi) is 6.60. The highest BCUT2D eigenvalue weighted by atomic mass is 15.2. The van der Waals surface area contributed by atoms with Gasteiger partial charge in [0.15, 0.2) is 0 Å². The predicted molar refractivity (Wildman–Crippen MR) is 266 cm³/mol. The van der Waals surface area contributed by atoms with Crippen molar-refractivity contribution >= 4 is 67.5 Å². The lowest BCUT2D eigenvalue weighted by atomic mass is 9.32. The minimum atomic E-state index is -0.0768. The fourth-order valence-electron chi connectivity index (χ4n) is 14.3. The van der Waals surface area contributed by atoms with Gasteiger partial charge in [0, 0.05) is 55.7 Å². The Labute approximate surface area is 370 Å². The molecule has 0 fully saturated rings. The van der Waals surface area contributed by atoms with E-state index in [1.165, 1.54) is 122 Å². The van der Waals surface area contributed by atoms with Crippen LogP contribution in [0.15, 0.2) is 162 Å². The average molecular weight is 809 g/mol. The molecule has 0 spiro atoms. The first-order valence-corrected chi connectivity index (χ1v) is 23.7. The summed E-state index contributed by atoms with van der Waals surface area (Å²) in [6.07, 6.45) is 26.3. The molecule has 3 heteroatoms. The van der Waals surface area contributed by atoms with Crippen molar-refractivity contribution in [3.05, 3.63) is 195 Å². The van der Waals surface area contributed by atoms with Crippen molar-refractivity contribution in [3.63, 3.8) is 0 Å². The molecule has 3 aliphatic heterocycles. The first kappa shape index (κ1) is 35.2. The fraction of sp³-hybridized carbons (Fsp3) is 0.233. The summed E-state index contributed by atoms with van der Waals surface area (Å²) >= 11 is 0. The molecule has 302 valence electrons. The van der Waals surface area contributed by atoms with Crippen LogP contribution in [0.4, 0.5) is 5.69 Å². The second kappa shape index (κ2) is 11.8. The number of para-hydroxylation sites is 1. The van der Waals surface area contributed by atoms with E-state index >= 15 is 0 Å². The number of benzene rings is 5. The third kappa shape index (κ3) is 4.28. The van der Waals surface area contributed by atoms with Crippen LogP contribution in [0.1, 0.15) is 99.6 Å². The van der Waals surface area contributed by atoms with Gasteiger partial charge in [0.25, 0.3) is 6.71 Å². The van der Waals surface area contributed by atoms with E-state index in [0.717, 1.165) is 38.5 Å². The van der Waals surface area contributed by atoms with Gasteiger partial charge in [0.1, 0.15) is 0 Å². The third-order valence-corrected chi connectivity index (χ3v) is 17.2. The quantitative estimate of drug-likeness (QED) is 0.158. The van der Waals surface area contributed by atoms with E-state index in [1.54, 1.807) is 5.57 Å². The Bertz CT molecular complexity index is 3470. The summed E-state index contributed by atoms with van der Waals surface area (Å²) in [5.41, 5.74) is 30.6. The highest BCUT2D eigenvalue weighted by Gasteiger charge is 2.53. The molecule has 0 radical (unpaired) electrons. The molecule has 1 aromatic heterocycles. The van der Waals surface area contributed by atoms with Crippen LogP contribution in [0.25, 0.3) is 55.3 Å². The molecule has 2 unspecified atom stereocenters. The molecule has 15 rings (SSSR count). The fourth-order valence-corrected chi connectivity index (χ4v) is 14.3. The molecular formula is C60H49BN2. The Balaban J connectivity index is 1.05. The summed E-state index contributed by atoms with van der Waals surface area (Å²) in [5, 5.41) is 2.77. The van der Waals surface area contributed by atoms with E-state index < -0.39 is 0 Å². The maximum Gasteiger partial charge on any atom is 0.251 e. The van der Waals surface area contributed by atoms with Crippen molar-refractivity contribution in [2.45, 2.75) is 83.1 Å². The number of hydrogen-bond donors (Lipinski definition) is 0. The molecule has 9 aliphatic rings. The van der Waals surface area contributed by atoms with E-state index in [-0.39, 0.29) is 23.6 Å². The molecule has 4 heterocycles. The minimum Gasteiger partial charge on any atom is -0.334 e. The Hall–Kier alpha value is -6.32. The third-order valence-electron chi connectivity index (χ3n) is 17.2. The number of nitrogens with zero attached hydrogens (tertiary/aromatic N) is 2. The predicted octanol–water partition coefficient (Wildman–Crippen LogP) is 13.1. The van der Waals surface area contributed by atoms with Gasteiger partial charge in [-0.05, 0) is 146 Å². The number of rotatable bonds is 2. The lowest BCUT2D eigenvalue weighted by Crippen LogP contribution is -2.56. The van der Waals surface area contributed by atoms with Crippen LogP contribution in [0.3, 0.4) is 0 Å². The van der Waals surface area contributed by atoms with Gasteiger partial charge in [-0.25, -0.2) is 0 Å². The topological polar surface area (TPSA) is 8.17 Å². The van der Waals surface area contributed by atoms with Gasteiger partial charge < -0.3 is 9.47 Å². The molecule has 2 atom stereocenters. The average Bonchev–Trinajstić information content (AvgIpc) is 3.97. The van der Waals surface area contributed by atoms with Crippen LogP contribution in [-0.4, -0.2) is 17.3 Å². The van der Waals surface area contributed by atoms with Crippen molar-refractivity contribution < 1.29 is 0 Å². The van der Waals surface area contributed by atoms with Crippen molar-refractivity contribution in [2.24, 2.45) is 5.92 Å². The van der Waals surface area contributed by atoms with Gasteiger partial charge >= 0.3 is 0 Å². The van der Waals surface area contributed by atoms with Crippen molar-refractivity contribution in [3.8, 4) is 11.1 Å². The Morgan fingerprint density at radius 1 is 0.698 bits per heavy atom. The number of hydrogen-bond acceptors (Lipinski definition) is 1. The highest BCUT2D eigenvalue weighted by molar-refractivity contribution is 6.96. The number of allylic oxidation sites excluding steroid dienone is 13. The van der Waals surface area contributed by atoms with Gasteiger partial charge in [-0.1, -0.05) is 143 Å². The highest BCUT2D eigenvalue weighted by Crippen LogP contribution is 2.60. The Morgan fingerprint density at radius 3 is 2.37 bits per heavy atom. The molecule has 0 bridgehead atoms. The molecule has 2 nitrogen and oxygen atoms in total. The van der Waals surface area contributed by atoms with E-state index in [4.69, 9.17) is 0 Å². The molecule has 0 amide bonds. The van der Waals surface area contributed by atoms with Gasteiger partial charge in [-0.2, -0.15) is 0 Å². The second-order valence-corrected chi connectivity index (χ2v) is 20.9. The molecule has 0 saturated heterocycles. The first-order valence-electron chi connectivity index (χ1n) is 23.7. The Morgan fingerprint density at radius 2 is 1.54 bits per heavy atom. The van der Waals surface area contributed by atoms with E-state index in [2.05, 4.69) is 177 Å². The SMILES string of the molecule is CC1(C)C2=C(C=C3c4cc(C5=CC=CCC5)cc5c4N(C4=CC(C6=CCCC=C6)CC6=C4B5c4cccc5c7cc8c(cc7n6c45)C(C)(C)c4ccccc4-8)C3C2)c2ccccc21. The standard InChI is InChI=1S/C60H49BN2/c1-59(2)46-23-13-11-20-38(46)41-30-43-40-22-15-25-50-57(40)62(52(43)32-48(41)59)54-28-37(35-18-9-6-10-19-35)29-55-56(54)61(50)51-27-36(34-16-7-5-8-17-34)26-45-44-31-42-39-21-12-14-24-47(39)60(3,4)49(42)33-53(44)63(55)58(45)51/h5,7,9,11-16,18-27,29-32,37,53H,6,8,10,17,28,33H2,1-4H3. The van der Waals surface area contributed by atoms with Crippen LogP contribution in [0.5, 0.6) is 0 Å². The van der Waals surface area contributed by atoms with E-state index in [0.29, 0.717) is 5.92 Å². The van der Waals surface area contributed by atoms with Crippen molar-refractivity contribution in [2.75, 3.05) is 4.90 Å². The summed E-state index contributed by atoms with van der Waals surface area (Å²) in [7, 11) is 0. The molecule has 5 aromatic carbocycles. The van der Waals surface area contributed by atoms with Crippen molar-refractivity contribution in [1.82, 2.24) is 4.57 Å². The van der Waals surface area contributed by atoms with Crippen LogP contribution in [-0.2, 0) is 10.8 Å². The largest absolute Gasteiger partial charge is 0.334 e. The van der Waals surface area contributed by atoms with Gasteiger partial charge in [-0.15, -0.1) is 0 Å². The molecule has 6 aromatic rings. The normalized spacial score (nSPS) is 23.2. The molecule has 0 saturated carbocycles. The van der Waals surface area contributed by atoms with Crippen LogP contribution in [0.2, 0.25) is 0 Å². The maximum atomic E-state index is 2.89. The summed E-state index contributed by atoms with van der Waals surface area (Å²) in [4.78, 5) is 2.89.